The number of nitriles is 1. The summed E-state index contributed by atoms with van der Waals surface area (Å²) in [5.41, 5.74) is 1.01. The van der Waals surface area contributed by atoms with Crippen molar-refractivity contribution in [2.24, 2.45) is 0 Å². The summed E-state index contributed by atoms with van der Waals surface area (Å²) in [5, 5.41) is 14.2. The highest BCUT2D eigenvalue weighted by molar-refractivity contribution is 6.34. The Morgan fingerprint density at radius 1 is 1.44 bits per heavy atom. The number of benzene rings is 1. The molecular formula is C19H15ClN4O3. The molecule has 0 saturated heterocycles. The van der Waals surface area contributed by atoms with Gasteiger partial charge in [-0.15, -0.1) is 5.10 Å². The summed E-state index contributed by atoms with van der Waals surface area (Å²) in [6.07, 6.45) is 2.20. The fourth-order valence-corrected chi connectivity index (χ4v) is 3.04. The first-order chi connectivity index (χ1) is 13.0. The van der Waals surface area contributed by atoms with Crippen molar-refractivity contribution in [2.75, 3.05) is 18.6 Å². The lowest BCUT2D eigenvalue weighted by Gasteiger charge is -2.15. The molecule has 3 aromatic rings. The van der Waals surface area contributed by atoms with E-state index in [1.807, 2.05) is 6.92 Å². The average molecular weight is 383 g/mol. The van der Waals surface area contributed by atoms with Crippen LogP contribution in [0.25, 0.3) is 5.52 Å². The quantitative estimate of drug-likeness (QED) is 0.631. The first-order valence-electron chi connectivity index (χ1n) is 8.08. The number of hydrogen-bond acceptors (Lipinski definition) is 5. The molecule has 0 saturated carbocycles. The molecule has 2 aromatic heterocycles. The second kappa shape index (κ2) is 7.48. The molecule has 7 nitrogen and oxygen atoms in total. The summed E-state index contributed by atoms with van der Waals surface area (Å²) >= 11 is 6.30. The van der Waals surface area contributed by atoms with Gasteiger partial charge >= 0.3 is 0 Å². The van der Waals surface area contributed by atoms with Crippen LogP contribution in [0.4, 0.5) is 5.82 Å². The molecule has 0 aliphatic carbocycles. The maximum absolute atomic E-state index is 12.9. The number of hydrogen-bond donors (Lipinski definition) is 0. The molecule has 27 heavy (non-hydrogen) atoms. The molecule has 0 aliphatic heterocycles. The van der Waals surface area contributed by atoms with Gasteiger partial charge in [0.05, 0.1) is 23.4 Å². The molecule has 0 fully saturated rings. The number of rotatable bonds is 5. The van der Waals surface area contributed by atoms with E-state index in [9.17, 15) is 14.9 Å². The largest absolute Gasteiger partial charge is 0.492 e. The van der Waals surface area contributed by atoms with Gasteiger partial charge in [-0.25, -0.2) is 4.52 Å². The lowest BCUT2D eigenvalue weighted by molar-refractivity contribution is 0.0985. The summed E-state index contributed by atoms with van der Waals surface area (Å²) < 4.78 is 6.85. The fraction of sp³-hybridized carbons (Fsp3) is 0.158. The minimum Gasteiger partial charge on any atom is -0.492 e. The van der Waals surface area contributed by atoms with Crippen LogP contribution < -0.4 is 9.64 Å². The molecule has 1 amide bonds. The second-order valence-electron chi connectivity index (χ2n) is 5.63. The van der Waals surface area contributed by atoms with Gasteiger partial charge in [0.25, 0.3) is 5.91 Å². The summed E-state index contributed by atoms with van der Waals surface area (Å²) in [6, 6.07) is 10.1. The predicted octanol–water partition coefficient (Wildman–Crippen LogP) is 3.35. The third-order valence-electron chi connectivity index (χ3n) is 4.00. The smallest absolute Gasteiger partial charge is 0.259 e. The van der Waals surface area contributed by atoms with Crippen molar-refractivity contribution in [3.05, 3.63) is 58.2 Å². The number of anilines is 1. The van der Waals surface area contributed by atoms with E-state index in [-0.39, 0.29) is 27.5 Å². The highest BCUT2D eigenvalue weighted by Crippen LogP contribution is 2.31. The summed E-state index contributed by atoms with van der Waals surface area (Å²) in [4.78, 5) is 25.3. The van der Waals surface area contributed by atoms with E-state index in [4.69, 9.17) is 16.3 Å². The minimum absolute atomic E-state index is 0.138. The number of carbonyl (C=O) groups excluding carboxylic acids is 2. The number of aromatic nitrogens is 2. The van der Waals surface area contributed by atoms with Crippen molar-refractivity contribution < 1.29 is 14.3 Å². The average Bonchev–Trinajstić information content (AvgIpc) is 3.06. The monoisotopic (exact) mass is 382 g/mol. The van der Waals surface area contributed by atoms with Gasteiger partial charge in [-0.1, -0.05) is 29.8 Å². The van der Waals surface area contributed by atoms with Crippen LogP contribution in [0, 0.1) is 11.3 Å². The third-order valence-corrected chi connectivity index (χ3v) is 4.29. The zero-order chi connectivity index (χ0) is 19.6. The molecule has 3 rings (SSSR count). The van der Waals surface area contributed by atoms with Gasteiger partial charge < -0.3 is 4.74 Å². The number of fused-ring (bicyclic) bond motifs is 1. The number of pyridine rings is 1. The highest BCUT2D eigenvalue weighted by atomic mass is 35.5. The van der Waals surface area contributed by atoms with Crippen LogP contribution in [0.3, 0.4) is 0 Å². The SMILES string of the molecule is CCOc1cc(Cl)c2c(C#N)c(N(C)C(=O)c3ccccc3C=O)nn2c1. The van der Waals surface area contributed by atoms with Crippen molar-refractivity contribution in [1.82, 2.24) is 9.61 Å². The topological polar surface area (TPSA) is 87.7 Å². The molecule has 2 heterocycles. The van der Waals surface area contributed by atoms with Gasteiger partial charge in [0.1, 0.15) is 22.9 Å². The molecule has 8 heteroatoms. The number of amides is 1. The zero-order valence-electron chi connectivity index (χ0n) is 14.6. The Morgan fingerprint density at radius 2 is 2.19 bits per heavy atom. The summed E-state index contributed by atoms with van der Waals surface area (Å²) in [6.45, 7) is 2.28. The van der Waals surface area contributed by atoms with Crippen LogP contribution in [0.1, 0.15) is 33.2 Å². The van der Waals surface area contributed by atoms with E-state index in [1.165, 1.54) is 16.5 Å². The van der Waals surface area contributed by atoms with Gasteiger partial charge in [0.15, 0.2) is 12.1 Å². The van der Waals surface area contributed by atoms with Crippen LogP contribution >= 0.6 is 11.6 Å². The lowest BCUT2D eigenvalue weighted by Crippen LogP contribution is -2.28. The summed E-state index contributed by atoms with van der Waals surface area (Å²) in [7, 11) is 1.49. The Morgan fingerprint density at radius 3 is 2.85 bits per heavy atom. The van der Waals surface area contributed by atoms with E-state index in [1.54, 1.807) is 36.5 Å². The first-order valence-corrected chi connectivity index (χ1v) is 8.46. The zero-order valence-corrected chi connectivity index (χ0v) is 15.4. The van der Waals surface area contributed by atoms with Crippen LogP contribution in [0.5, 0.6) is 5.75 Å². The van der Waals surface area contributed by atoms with Gasteiger partial charge in [0, 0.05) is 18.7 Å². The Kier molecular flexibility index (Phi) is 5.10. The first kappa shape index (κ1) is 18.4. The van der Waals surface area contributed by atoms with Gasteiger partial charge in [-0.3, -0.25) is 14.5 Å². The van der Waals surface area contributed by atoms with Gasteiger partial charge in [0.2, 0.25) is 0 Å². The number of carbonyl (C=O) groups is 2. The number of aldehydes is 1. The van der Waals surface area contributed by atoms with Crippen molar-refractivity contribution in [3.63, 3.8) is 0 Å². The second-order valence-corrected chi connectivity index (χ2v) is 6.04. The molecule has 0 spiro atoms. The Balaban J connectivity index is 2.13. The number of ether oxygens (including phenoxy) is 1. The lowest BCUT2D eigenvalue weighted by atomic mass is 10.1. The maximum atomic E-state index is 12.9. The molecular weight excluding hydrogens is 368 g/mol. The standard InChI is InChI=1S/C19H15ClN4O3/c1-3-27-13-8-16(20)17-15(9-21)18(22-24(17)10-13)23(2)19(26)14-7-5-4-6-12(14)11-25/h4-8,10-11H,3H2,1-2H3. The maximum Gasteiger partial charge on any atom is 0.259 e. The molecule has 0 atom stereocenters. The fourth-order valence-electron chi connectivity index (χ4n) is 2.75. The Labute approximate surface area is 160 Å². The van der Waals surface area contributed by atoms with E-state index >= 15 is 0 Å². The van der Waals surface area contributed by atoms with Crippen LogP contribution in [0.2, 0.25) is 5.02 Å². The normalized spacial score (nSPS) is 10.4. The molecule has 1 aromatic carbocycles. The van der Waals surface area contributed by atoms with Crippen molar-refractivity contribution in [3.8, 4) is 11.8 Å². The molecule has 0 bridgehead atoms. The van der Waals surface area contributed by atoms with Gasteiger partial charge in [-0.05, 0) is 13.0 Å². The van der Waals surface area contributed by atoms with E-state index in [2.05, 4.69) is 11.2 Å². The van der Waals surface area contributed by atoms with E-state index in [0.29, 0.717) is 24.2 Å². The van der Waals surface area contributed by atoms with Crippen LogP contribution in [-0.2, 0) is 0 Å². The minimum atomic E-state index is -0.459. The molecule has 136 valence electrons. The van der Waals surface area contributed by atoms with E-state index in [0.717, 1.165) is 0 Å². The Bertz CT molecular complexity index is 1080. The Hall–Kier alpha value is -3.37. The van der Waals surface area contributed by atoms with Crippen molar-refractivity contribution >= 4 is 35.1 Å². The molecule has 0 aliphatic rings. The van der Waals surface area contributed by atoms with E-state index < -0.39 is 5.91 Å². The third kappa shape index (κ3) is 3.23. The number of nitrogens with zero attached hydrogens (tertiary/aromatic N) is 4. The van der Waals surface area contributed by atoms with Crippen molar-refractivity contribution in [2.45, 2.75) is 6.92 Å². The van der Waals surface area contributed by atoms with Crippen LogP contribution in [0.15, 0.2) is 36.5 Å². The number of halogens is 1. The van der Waals surface area contributed by atoms with Gasteiger partial charge in [-0.2, -0.15) is 5.26 Å². The molecule has 0 N–H and O–H groups in total. The summed E-state index contributed by atoms with van der Waals surface area (Å²) in [5.74, 6) is 0.173. The predicted molar refractivity (Wildman–Crippen MR) is 101 cm³/mol. The molecule has 0 unspecified atom stereocenters. The molecule has 0 radical (unpaired) electrons. The highest BCUT2D eigenvalue weighted by Gasteiger charge is 2.25. The van der Waals surface area contributed by atoms with Crippen LogP contribution in [-0.4, -0.2) is 35.5 Å². The van der Waals surface area contributed by atoms with Crippen molar-refractivity contribution in [1.29, 1.82) is 5.26 Å².